The molecule has 0 aliphatic carbocycles. The number of hydrogen-bond donors (Lipinski definition) is 0. The van der Waals surface area contributed by atoms with Gasteiger partial charge in [-0.1, -0.05) is 29.3 Å². The van der Waals surface area contributed by atoms with Gasteiger partial charge in [-0.2, -0.15) is 9.78 Å². The molecule has 3 rings (SSSR count). The fourth-order valence-electron chi connectivity index (χ4n) is 2.97. The van der Waals surface area contributed by atoms with Gasteiger partial charge < -0.3 is 4.74 Å². The molecule has 0 saturated heterocycles. The van der Waals surface area contributed by atoms with E-state index in [0.717, 1.165) is 17.3 Å². The third-order valence-electron chi connectivity index (χ3n) is 4.43. The average molecular weight is 473 g/mol. The number of hydrogen-bond acceptors (Lipinski definition) is 6. The van der Waals surface area contributed by atoms with Crippen LogP contribution in [0.2, 0.25) is 0 Å². The summed E-state index contributed by atoms with van der Waals surface area (Å²) in [7, 11) is 0. The van der Waals surface area contributed by atoms with Crippen molar-refractivity contribution in [3.8, 4) is 5.75 Å². The lowest BCUT2D eigenvalue weighted by Crippen LogP contribution is -2.22. The Balaban J connectivity index is 2.08. The number of nitrogens with zero attached hydrogens (tertiary/aromatic N) is 4. The summed E-state index contributed by atoms with van der Waals surface area (Å²) in [6.45, 7) is 4.14. The van der Waals surface area contributed by atoms with E-state index in [4.69, 9.17) is 4.74 Å². The maximum absolute atomic E-state index is 13.1. The minimum atomic E-state index is -0.504. The van der Waals surface area contributed by atoms with Gasteiger partial charge in [0.05, 0.1) is 28.6 Å². The van der Waals surface area contributed by atoms with E-state index >= 15 is 0 Å². The quantitative estimate of drug-likeness (QED) is 0.269. The smallest absolute Gasteiger partial charge is 0.311 e. The van der Waals surface area contributed by atoms with Crippen molar-refractivity contribution < 1.29 is 9.66 Å². The van der Waals surface area contributed by atoms with Gasteiger partial charge in [0.1, 0.15) is 5.82 Å². The number of halogens is 1. The molecule has 0 fully saturated rings. The summed E-state index contributed by atoms with van der Waals surface area (Å²) in [5, 5.41) is 16.1. The SMILES string of the molecule is CCCCc1nc2ccc(Br)cc2c(=O)n1N=Cc1ccc(OCC)c([N+](=O)[O-])c1. The number of unbranched alkanes of at least 4 members (excludes halogenated alkanes) is 1. The minimum Gasteiger partial charge on any atom is -0.487 e. The van der Waals surface area contributed by atoms with Crippen LogP contribution in [0.25, 0.3) is 10.9 Å². The molecule has 8 nitrogen and oxygen atoms in total. The van der Waals surface area contributed by atoms with Crippen molar-refractivity contribution in [3.63, 3.8) is 0 Å². The van der Waals surface area contributed by atoms with Crippen LogP contribution in [0.1, 0.15) is 38.1 Å². The molecule has 0 N–H and O–H groups in total. The van der Waals surface area contributed by atoms with E-state index in [1.807, 2.05) is 6.07 Å². The van der Waals surface area contributed by atoms with Crippen molar-refractivity contribution in [1.29, 1.82) is 0 Å². The summed E-state index contributed by atoms with van der Waals surface area (Å²) in [6, 6.07) is 9.90. The number of ether oxygens (including phenoxy) is 1. The van der Waals surface area contributed by atoms with Crippen LogP contribution in [0.4, 0.5) is 5.69 Å². The van der Waals surface area contributed by atoms with Gasteiger partial charge >= 0.3 is 5.69 Å². The second-order valence-electron chi connectivity index (χ2n) is 6.57. The predicted molar refractivity (Wildman–Crippen MR) is 120 cm³/mol. The molecule has 0 bridgehead atoms. The zero-order valence-electron chi connectivity index (χ0n) is 16.7. The lowest BCUT2D eigenvalue weighted by Gasteiger charge is -2.09. The second kappa shape index (κ2) is 9.62. The molecule has 0 spiro atoms. The van der Waals surface area contributed by atoms with Crippen LogP contribution in [-0.2, 0) is 6.42 Å². The normalized spacial score (nSPS) is 11.3. The minimum absolute atomic E-state index is 0.153. The number of aryl methyl sites for hydroxylation is 1. The van der Waals surface area contributed by atoms with E-state index in [-0.39, 0.29) is 17.0 Å². The molecule has 0 radical (unpaired) electrons. The number of nitro benzene ring substituents is 1. The van der Waals surface area contributed by atoms with Gasteiger partial charge in [0, 0.05) is 22.5 Å². The molecule has 30 heavy (non-hydrogen) atoms. The molecule has 0 atom stereocenters. The largest absolute Gasteiger partial charge is 0.487 e. The first-order valence-corrected chi connectivity index (χ1v) is 10.4. The maximum Gasteiger partial charge on any atom is 0.311 e. The average Bonchev–Trinajstić information content (AvgIpc) is 2.73. The number of fused-ring (bicyclic) bond motifs is 1. The van der Waals surface area contributed by atoms with Gasteiger partial charge in [0.15, 0.2) is 5.75 Å². The second-order valence-corrected chi connectivity index (χ2v) is 7.49. The van der Waals surface area contributed by atoms with E-state index in [1.54, 1.807) is 25.1 Å². The predicted octanol–water partition coefficient (Wildman–Crippen LogP) is 4.69. The lowest BCUT2D eigenvalue weighted by molar-refractivity contribution is -0.385. The first-order chi connectivity index (χ1) is 14.4. The number of nitro groups is 1. The fourth-order valence-corrected chi connectivity index (χ4v) is 3.33. The summed E-state index contributed by atoms with van der Waals surface area (Å²) >= 11 is 3.38. The summed E-state index contributed by atoms with van der Waals surface area (Å²) in [5.74, 6) is 0.742. The topological polar surface area (TPSA) is 99.6 Å². The monoisotopic (exact) mass is 472 g/mol. The molecule has 0 aliphatic heterocycles. The third-order valence-corrected chi connectivity index (χ3v) is 4.92. The zero-order chi connectivity index (χ0) is 21.7. The first kappa shape index (κ1) is 21.6. The zero-order valence-corrected chi connectivity index (χ0v) is 18.3. The maximum atomic E-state index is 13.1. The highest BCUT2D eigenvalue weighted by Crippen LogP contribution is 2.27. The van der Waals surface area contributed by atoms with Gasteiger partial charge in [-0.25, -0.2) is 4.98 Å². The van der Waals surface area contributed by atoms with Crippen LogP contribution in [0.15, 0.2) is 50.8 Å². The molecule has 9 heteroatoms. The van der Waals surface area contributed by atoms with Crippen LogP contribution in [0.3, 0.4) is 0 Å². The van der Waals surface area contributed by atoms with E-state index in [0.29, 0.717) is 35.3 Å². The lowest BCUT2D eigenvalue weighted by atomic mass is 10.2. The molecule has 3 aromatic rings. The summed E-state index contributed by atoms with van der Waals surface area (Å²) in [4.78, 5) is 28.5. The van der Waals surface area contributed by atoms with Crippen molar-refractivity contribution in [2.75, 3.05) is 6.61 Å². The molecule has 0 unspecified atom stereocenters. The van der Waals surface area contributed by atoms with Crippen molar-refractivity contribution in [1.82, 2.24) is 9.66 Å². The summed E-state index contributed by atoms with van der Waals surface area (Å²) < 4.78 is 7.34. The Morgan fingerprint density at radius 1 is 1.27 bits per heavy atom. The Bertz CT molecular complexity index is 1170. The highest BCUT2D eigenvalue weighted by atomic mass is 79.9. The van der Waals surface area contributed by atoms with Gasteiger partial charge in [-0.3, -0.25) is 14.9 Å². The number of rotatable bonds is 8. The Morgan fingerprint density at radius 3 is 2.77 bits per heavy atom. The Labute approximate surface area is 181 Å². The molecule has 1 aromatic heterocycles. The Hall–Kier alpha value is -3.07. The van der Waals surface area contributed by atoms with E-state index in [2.05, 4.69) is 32.9 Å². The molecule has 0 amide bonds. The third kappa shape index (κ3) is 4.73. The van der Waals surface area contributed by atoms with Crippen molar-refractivity contribution in [2.45, 2.75) is 33.1 Å². The van der Waals surface area contributed by atoms with Crippen molar-refractivity contribution >= 4 is 38.7 Å². The molecule has 0 aliphatic rings. The molecule has 156 valence electrons. The summed E-state index contributed by atoms with van der Waals surface area (Å²) in [5.41, 5.74) is 0.648. The van der Waals surface area contributed by atoms with Gasteiger partial charge in [0.25, 0.3) is 5.56 Å². The van der Waals surface area contributed by atoms with Gasteiger partial charge in [-0.15, -0.1) is 0 Å². The standard InChI is InChI=1S/C21H21BrN4O4/c1-3-5-6-20-24-17-9-8-15(22)12-16(17)21(27)25(20)23-13-14-7-10-19(30-4-2)18(11-14)26(28)29/h7-13H,3-6H2,1-2H3. The van der Waals surface area contributed by atoms with Crippen LogP contribution in [0.5, 0.6) is 5.75 Å². The molecular weight excluding hydrogens is 452 g/mol. The molecular formula is C21H21BrN4O4. The van der Waals surface area contributed by atoms with Gasteiger partial charge in [0.2, 0.25) is 0 Å². The fraction of sp³-hybridized carbons (Fsp3) is 0.286. The van der Waals surface area contributed by atoms with E-state index in [1.165, 1.54) is 23.0 Å². The molecule has 2 aromatic carbocycles. The van der Waals surface area contributed by atoms with Crippen LogP contribution >= 0.6 is 15.9 Å². The Kier molecular flexibility index (Phi) is 6.94. The van der Waals surface area contributed by atoms with Crippen molar-refractivity contribution in [3.05, 3.63) is 72.7 Å². The van der Waals surface area contributed by atoms with Gasteiger partial charge in [-0.05, 0) is 43.7 Å². The number of aromatic nitrogens is 2. The van der Waals surface area contributed by atoms with Crippen LogP contribution < -0.4 is 10.3 Å². The molecule has 0 saturated carbocycles. The first-order valence-electron chi connectivity index (χ1n) is 9.61. The Morgan fingerprint density at radius 2 is 2.07 bits per heavy atom. The molecule has 1 heterocycles. The highest BCUT2D eigenvalue weighted by molar-refractivity contribution is 9.10. The number of benzene rings is 2. The van der Waals surface area contributed by atoms with Crippen LogP contribution in [-0.4, -0.2) is 27.4 Å². The highest BCUT2D eigenvalue weighted by Gasteiger charge is 2.16. The van der Waals surface area contributed by atoms with E-state index in [9.17, 15) is 14.9 Å². The van der Waals surface area contributed by atoms with E-state index < -0.39 is 4.92 Å². The van der Waals surface area contributed by atoms with Crippen LogP contribution in [0, 0.1) is 10.1 Å². The van der Waals surface area contributed by atoms with Crippen molar-refractivity contribution in [2.24, 2.45) is 5.10 Å². The summed E-state index contributed by atoms with van der Waals surface area (Å²) in [6.07, 6.45) is 3.82.